The second-order valence-electron chi connectivity index (χ2n) is 12.9. The molecule has 1 aromatic heterocycles. The van der Waals surface area contributed by atoms with Crippen molar-refractivity contribution in [3.63, 3.8) is 0 Å². The third kappa shape index (κ3) is 3.62. The van der Waals surface area contributed by atoms with E-state index in [0.29, 0.717) is 0 Å². The van der Waals surface area contributed by atoms with E-state index in [1.807, 2.05) is 0 Å². The number of nitrogens with one attached hydrogen (secondary N) is 1. The van der Waals surface area contributed by atoms with Gasteiger partial charge in [-0.25, -0.2) is 0 Å². The Morgan fingerprint density at radius 2 is 0.931 bits per heavy atom. The molecule has 158 valence electrons. The van der Waals surface area contributed by atoms with Gasteiger partial charge in [0.05, 0.1) is 5.52 Å². The number of hydrogen-bond donors (Lipinski definition) is 1. The molecule has 29 heavy (non-hydrogen) atoms. The Morgan fingerprint density at radius 3 is 1.38 bits per heavy atom. The SMILES string of the molecule is CC(C)(C)c1c(C(C)(C)C)c(C(C)(C)C)c2c([nH]c3ccccc32)c1C(C)(C)C. The maximum atomic E-state index is 3.86. The molecular weight excluding hydrogens is 350 g/mol. The topological polar surface area (TPSA) is 15.8 Å². The maximum Gasteiger partial charge on any atom is 0.0509 e. The van der Waals surface area contributed by atoms with Gasteiger partial charge in [-0.05, 0) is 50.0 Å². The first-order chi connectivity index (χ1) is 13.0. The van der Waals surface area contributed by atoms with Crippen LogP contribution in [0.1, 0.15) is 105 Å². The summed E-state index contributed by atoms with van der Waals surface area (Å²) in [5.74, 6) is 0. The number of benzene rings is 2. The van der Waals surface area contributed by atoms with Crippen molar-refractivity contribution >= 4 is 21.8 Å². The summed E-state index contributed by atoms with van der Waals surface area (Å²) in [6.07, 6.45) is 0. The van der Waals surface area contributed by atoms with Crippen molar-refractivity contribution in [2.45, 2.75) is 105 Å². The van der Waals surface area contributed by atoms with Crippen molar-refractivity contribution in [2.24, 2.45) is 0 Å². The third-order valence-electron chi connectivity index (χ3n) is 5.96. The average Bonchev–Trinajstić information content (AvgIpc) is 2.87. The van der Waals surface area contributed by atoms with Gasteiger partial charge in [-0.3, -0.25) is 0 Å². The fourth-order valence-electron chi connectivity index (χ4n) is 5.09. The second kappa shape index (κ2) is 6.37. The highest BCUT2D eigenvalue weighted by atomic mass is 14.7. The quantitative estimate of drug-likeness (QED) is 0.395. The van der Waals surface area contributed by atoms with Gasteiger partial charge >= 0.3 is 0 Å². The van der Waals surface area contributed by atoms with Crippen molar-refractivity contribution in [2.75, 3.05) is 0 Å². The van der Waals surface area contributed by atoms with Crippen molar-refractivity contribution in [1.82, 2.24) is 4.98 Å². The Labute approximate surface area is 178 Å². The van der Waals surface area contributed by atoms with Crippen LogP contribution in [-0.4, -0.2) is 4.98 Å². The molecule has 3 aromatic rings. The monoisotopic (exact) mass is 391 g/mol. The lowest BCUT2D eigenvalue weighted by Crippen LogP contribution is -2.32. The third-order valence-corrected chi connectivity index (χ3v) is 5.96. The molecule has 0 amide bonds. The Kier molecular flexibility index (Phi) is 4.82. The molecule has 1 N–H and O–H groups in total. The molecule has 0 saturated heterocycles. The molecule has 0 aliphatic carbocycles. The maximum absolute atomic E-state index is 3.86. The predicted octanol–water partition coefficient (Wildman–Crippen LogP) is 8.51. The standard InChI is InChI=1S/C28H41N/c1-25(2,3)20-19-17-15-13-14-16-18(17)29-24(19)23(28(10,11)12)22(27(7,8)9)21(20)26(4,5)6/h13-16,29H,1-12H3. The van der Waals surface area contributed by atoms with Gasteiger partial charge in [-0.15, -0.1) is 0 Å². The lowest BCUT2D eigenvalue weighted by atomic mass is 9.63. The lowest BCUT2D eigenvalue weighted by Gasteiger charge is -2.41. The zero-order valence-electron chi connectivity index (χ0n) is 20.8. The van der Waals surface area contributed by atoms with E-state index >= 15 is 0 Å². The summed E-state index contributed by atoms with van der Waals surface area (Å²) in [6, 6.07) is 8.83. The largest absolute Gasteiger partial charge is 0.354 e. The second-order valence-corrected chi connectivity index (χ2v) is 12.9. The Bertz CT molecular complexity index is 1060. The first kappa shape index (κ1) is 21.9. The van der Waals surface area contributed by atoms with Crippen LogP contribution in [0.15, 0.2) is 24.3 Å². The molecule has 1 heterocycles. The van der Waals surface area contributed by atoms with E-state index in [9.17, 15) is 0 Å². The summed E-state index contributed by atoms with van der Waals surface area (Å²) in [6.45, 7) is 28.5. The minimum absolute atomic E-state index is 0.0398. The summed E-state index contributed by atoms with van der Waals surface area (Å²) < 4.78 is 0. The van der Waals surface area contributed by atoms with Gasteiger partial charge in [-0.2, -0.15) is 0 Å². The highest BCUT2D eigenvalue weighted by molar-refractivity contribution is 6.11. The van der Waals surface area contributed by atoms with Crippen LogP contribution in [-0.2, 0) is 21.7 Å². The van der Waals surface area contributed by atoms with E-state index in [1.54, 1.807) is 5.56 Å². The van der Waals surface area contributed by atoms with Crippen LogP contribution in [0, 0.1) is 0 Å². The molecule has 0 radical (unpaired) electrons. The van der Waals surface area contributed by atoms with Crippen molar-refractivity contribution < 1.29 is 0 Å². The van der Waals surface area contributed by atoms with Gasteiger partial charge in [-0.1, -0.05) is 101 Å². The van der Waals surface area contributed by atoms with Crippen molar-refractivity contribution in [3.8, 4) is 0 Å². The van der Waals surface area contributed by atoms with Crippen LogP contribution in [0.3, 0.4) is 0 Å². The molecule has 0 fully saturated rings. The van der Waals surface area contributed by atoms with E-state index < -0.39 is 0 Å². The highest BCUT2D eigenvalue weighted by Crippen LogP contribution is 2.51. The molecule has 0 atom stereocenters. The fourth-order valence-corrected chi connectivity index (χ4v) is 5.09. The van der Waals surface area contributed by atoms with Gasteiger partial charge in [0.25, 0.3) is 0 Å². The lowest BCUT2D eigenvalue weighted by molar-refractivity contribution is 0.482. The van der Waals surface area contributed by atoms with Gasteiger partial charge < -0.3 is 4.98 Å². The Morgan fingerprint density at radius 1 is 0.517 bits per heavy atom. The number of rotatable bonds is 0. The number of fused-ring (bicyclic) bond motifs is 3. The summed E-state index contributed by atoms with van der Waals surface area (Å²) >= 11 is 0. The zero-order valence-corrected chi connectivity index (χ0v) is 20.8. The molecule has 1 nitrogen and oxygen atoms in total. The number of H-pyrrole nitrogens is 1. The van der Waals surface area contributed by atoms with E-state index in [2.05, 4.69) is 112 Å². The smallest absolute Gasteiger partial charge is 0.0509 e. The fraction of sp³-hybridized carbons (Fsp3) is 0.571. The number of aromatic nitrogens is 1. The Hall–Kier alpha value is -1.76. The summed E-state index contributed by atoms with van der Waals surface area (Å²) in [5.41, 5.74) is 8.83. The van der Waals surface area contributed by atoms with E-state index in [0.717, 1.165) is 0 Å². The van der Waals surface area contributed by atoms with Gasteiger partial charge in [0.1, 0.15) is 0 Å². The summed E-state index contributed by atoms with van der Waals surface area (Å²) in [4.78, 5) is 3.86. The van der Waals surface area contributed by atoms with E-state index in [-0.39, 0.29) is 21.7 Å². The van der Waals surface area contributed by atoms with Crippen molar-refractivity contribution in [3.05, 3.63) is 46.5 Å². The van der Waals surface area contributed by atoms with E-state index in [4.69, 9.17) is 0 Å². The Balaban J connectivity index is 2.84. The van der Waals surface area contributed by atoms with E-state index in [1.165, 1.54) is 38.5 Å². The molecule has 0 spiro atoms. The van der Waals surface area contributed by atoms with Gasteiger partial charge in [0.15, 0.2) is 0 Å². The summed E-state index contributed by atoms with van der Waals surface area (Å²) in [5, 5.41) is 2.78. The number of para-hydroxylation sites is 1. The molecule has 1 heteroatoms. The summed E-state index contributed by atoms with van der Waals surface area (Å²) in [7, 11) is 0. The normalized spacial score (nSPS) is 14.2. The van der Waals surface area contributed by atoms with Crippen LogP contribution in [0.5, 0.6) is 0 Å². The van der Waals surface area contributed by atoms with Crippen LogP contribution in [0.2, 0.25) is 0 Å². The van der Waals surface area contributed by atoms with Gasteiger partial charge in [0.2, 0.25) is 0 Å². The molecule has 2 aromatic carbocycles. The van der Waals surface area contributed by atoms with Crippen LogP contribution < -0.4 is 0 Å². The predicted molar refractivity (Wildman–Crippen MR) is 131 cm³/mol. The molecule has 0 saturated carbocycles. The zero-order chi connectivity index (χ0) is 22.2. The first-order valence-corrected chi connectivity index (χ1v) is 11.1. The molecule has 0 bridgehead atoms. The highest BCUT2D eigenvalue weighted by Gasteiger charge is 2.39. The van der Waals surface area contributed by atoms with Crippen LogP contribution in [0.25, 0.3) is 21.8 Å². The minimum Gasteiger partial charge on any atom is -0.354 e. The van der Waals surface area contributed by atoms with Crippen LogP contribution in [0.4, 0.5) is 0 Å². The number of hydrogen-bond acceptors (Lipinski definition) is 0. The number of aromatic amines is 1. The minimum atomic E-state index is 0.0398. The van der Waals surface area contributed by atoms with Gasteiger partial charge in [0, 0.05) is 16.3 Å². The van der Waals surface area contributed by atoms with Crippen LogP contribution >= 0.6 is 0 Å². The molecule has 0 aliphatic rings. The van der Waals surface area contributed by atoms with Crippen molar-refractivity contribution in [1.29, 1.82) is 0 Å². The molecular formula is C28H41N. The average molecular weight is 392 g/mol. The molecule has 0 aliphatic heterocycles. The molecule has 0 unspecified atom stereocenters. The first-order valence-electron chi connectivity index (χ1n) is 11.1. The molecule has 3 rings (SSSR count).